The van der Waals surface area contributed by atoms with Gasteiger partial charge in [-0.05, 0) is 76.3 Å². The average molecular weight is 696 g/mol. The standard InChI is InChI=1S/C35H42FN5O9/c1-7-35(8-2,33(45)48-22(6)49-34(46)47-9-3)29-16-15-27(23-11-10-12-24(36)18-23)41(29)32(44)21(5)38-30(42)26-14-13-25(19-37-26)50-28-17-20(4)39-40-31(28)43/h10-14,17-19,21-22,27,29H,7-9,15-16H2,1-6H3,(H,38,42)(H,40,43)/t21-,22?,27+,29-/m1/s1. The molecule has 1 aliphatic rings. The minimum Gasteiger partial charge on any atom is -0.450 e. The topological polar surface area (TPSA) is 179 Å². The van der Waals surface area contributed by atoms with Gasteiger partial charge >= 0.3 is 17.7 Å². The number of amides is 2. The van der Waals surface area contributed by atoms with Gasteiger partial charge in [-0.1, -0.05) is 26.0 Å². The van der Waals surface area contributed by atoms with Crippen LogP contribution in [-0.2, 0) is 23.8 Å². The molecule has 1 unspecified atom stereocenters. The zero-order valence-electron chi connectivity index (χ0n) is 28.9. The second-order valence-electron chi connectivity index (χ2n) is 11.9. The van der Waals surface area contributed by atoms with Crippen molar-refractivity contribution in [2.24, 2.45) is 5.41 Å². The van der Waals surface area contributed by atoms with Gasteiger partial charge in [0, 0.05) is 19.0 Å². The molecule has 0 bridgehead atoms. The molecule has 3 heterocycles. The summed E-state index contributed by atoms with van der Waals surface area (Å²) in [5.74, 6) is -2.11. The monoisotopic (exact) mass is 695 g/mol. The van der Waals surface area contributed by atoms with Crippen LogP contribution in [-0.4, -0.2) is 69.0 Å². The Morgan fingerprint density at radius 1 is 1.06 bits per heavy atom. The Morgan fingerprint density at radius 3 is 2.44 bits per heavy atom. The fourth-order valence-corrected chi connectivity index (χ4v) is 6.24. The molecule has 2 amide bonds. The van der Waals surface area contributed by atoms with Crippen molar-refractivity contribution in [1.82, 2.24) is 25.4 Å². The summed E-state index contributed by atoms with van der Waals surface area (Å²) in [5.41, 5.74) is -0.725. The van der Waals surface area contributed by atoms with Crippen LogP contribution in [0.2, 0.25) is 0 Å². The minimum atomic E-state index is -1.26. The molecule has 2 N–H and O–H groups in total. The fourth-order valence-electron chi connectivity index (χ4n) is 6.24. The number of hydrogen-bond acceptors (Lipinski definition) is 11. The third kappa shape index (κ3) is 8.44. The number of aromatic amines is 1. The third-order valence-electron chi connectivity index (χ3n) is 8.79. The number of nitrogens with one attached hydrogen (secondary N) is 2. The lowest BCUT2D eigenvalue weighted by molar-refractivity contribution is -0.185. The number of carbonyl (C=O) groups is 4. The Kier molecular flexibility index (Phi) is 12.3. The van der Waals surface area contributed by atoms with Gasteiger partial charge in [0.2, 0.25) is 12.2 Å². The number of halogens is 1. The molecule has 14 nitrogen and oxygen atoms in total. The highest BCUT2D eigenvalue weighted by atomic mass is 19.1. The maximum absolute atomic E-state index is 14.4. The van der Waals surface area contributed by atoms with E-state index in [4.69, 9.17) is 18.9 Å². The number of pyridine rings is 1. The fraction of sp³-hybridized carbons (Fsp3) is 0.457. The number of H-pyrrole nitrogens is 1. The summed E-state index contributed by atoms with van der Waals surface area (Å²) < 4.78 is 35.4. The van der Waals surface area contributed by atoms with Crippen LogP contribution in [0.15, 0.2) is 53.5 Å². The Labute approximate surface area is 288 Å². The molecule has 4 rings (SSSR count). The van der Waals surface area contributed by atoms with Crippen LogP contribution >= 0.6 is 0 Å². The summed E-state index contributed by atoms with van der Waals surface area (Å²) in [7, 11) is 0. The molecule has 50 heavy (non-hydrogen) atoms. The molecule has 2 aromatic heterocycles. The Balaban J connectivity index is 1.58. The van der Waals surface area contributed by atoms with Crippen molar-refractivity contribution >= 4 is 23.9 Å². The van der Waals surface area contributed by atoms with Crippen molar-refractivity contribution in [3.63, 3.8) is 0 Å². The van der Waals surface area contributed by atoms with E-state index in [9.17, 15) is 28.4 Å². The van der Waals surface area contributed by atoms with Gasteiger partial charge in [-0.2, -0.15) is 5.10 Å². The number of rotatable bonds is 13. The van der Waals surface area contributed by atoms with Crippen molar-refractivity contribution in [3.05, 3.63) is 81.8 Å². The van der Waals surface area contributed by atoms with Crippen LogP contribution < -0.4 is 15.6 Å². The zero-order valence-corrected chi connectivity index (χ0v) is 28.9. The number of nitrogens with zero attached hydrogens (tertiary/aromatic N) is 3. The van der Waals surface area contributed by atoms with Gasteiger partial charge in [-0.15, -0.1) is 0 Å². The van der Waals surface area contributed by atoms with Crippen LogP contribution in [0.1, 0.15) is 88.1 Å². The van der Waals surface area contributed by atoms with Crippen molar-refractivity contribution < 1.29 is 42.5 Å². The molecule has 15 heteroatoms. The average Bonchev–Trinajstić information content (AvgIpc) is 3.52. The van der Waals surface area contributed by atoms with Crippen LogP contribution in [0, 0.1) is 18.2 Å². The highest BCUT2D eigenvalue weighted by Crippen LogP contribution is 2.48. The quantitative estimate of drug-likeness (QED) is 0.179. The molecule has 0 aliphatic carbocycles. The molecule has 0 spiro atoms. The van der Waals surface area contributed by atoms with Crippen molar-refractivity contribution in [2.75, 3.05) is 6.61 Å². The van der Waals surface area contributed by atoms with E-state index in [0.29, 0.717) is 24.1 Å². The Morgan fingerprint density at radius 2 is 1.80 bits per heavy atom. The van der Waals surface area contributed by atoms with Crippen LogP contribution in [0.4, 0.5) is 9.18 Å². The van der Waals surface area contributed by atoms with Gasteiger partial charge in [-0.25, -0.2) is 19.3 Å². The zero-order chi connectivity index (χ0) is 36.6. The number of ether oxygens (including phenoxy) is 4. The first-order chi connectivity index (χ1) is 23.8. The summed E-state index contributed by atoms with van der Waals surface area (Å²) in [6.07, 6.45) is 0.331. The van der Waals surface area contributed by atoms with E-state index in [0.717, 1.165) is 0 Å². The number of benzene rings is 1. The van der Waals surface area contributed by atoms with E-state index in [1.807, 2.05) is 0 Å². The molecular weight excluding hydrogens is 653 g/mol. The molecule has 1 fully saturated rings. The highest BCUT2D eigenvalue weighted by molar-refractivity contribution is 5.96. The van der Waals surface area contributed by atoms with E-state index < -0.39 is 65.1 Å². The highest BCUT2D eigenvalue weighted by Gasteiger charge is 2.54. The lowest BCUT2D eigenvalue weighted by Gasteiger charge is -2.43. The predicted octanol–water partition coefficient (Wildman–Crippen LogP) is 5.12. The first kappa shape index (κ1) is 37.5. The lowest BCUT2D eigenvalue weighted by Crippen LogP contribution is -2.56. The van der Waals surface area contributed by atoms with E-state index in [1.165, 1.54) is 50.4 Å². The second-order valence-corrected chi connectivity index (χ2v) is 11.9. The molecule has 0 radical (unpaired) electrons. The maximum atomic E-state index is 14.4. The van der Waals surface area contributed by atoms with Gasteiger partial charge in [-0.3, -0.25) is 19.2 Å². The summed E-state index contributed by atoms with van der Waals surface area (Å²) in [4.78, 5) is 71.0. The molecule has 268 valence electrons. The molecular formula is C35H42FN5O9. The van der Waals surface area contributed by atoms with Crippen molar-refractivity contribution in [3.8, 4) is 11.5 Å². The van der Waals surface area contributed by atoms with E-state index in [1.54, 1.807) is 44.7 Å². The van der Waals surface area contributed by atoms with E-state index in [2.05, 4.69) is 20.5 Å². The Bertz CT molecular complexity index is 1740. The van der Waals surface area contributed by atoms with E-state index >= 15 is 0 Å². The number of esters is 1. The maximum Gasteiger partial charge on any atom is 0.511 e. The first-order valence-electron chi connectivity index (χ1n) is 16.5. The summed E-state index contributed by atoms with van der Waals surface area (Å²) in [5, 5.41) is 8.80. The number of aromatic nitrogens is 3. The smallest absolute Gasteiger partial charge is 0.450 e. The van der Waals surface area contributed by atoms with Gasteiger partial charge in [0.25, 0.3) is 5.91 Å². The van der Waals surface area contributed by atoms with Crippen LogP contribution in [0.5, 0.6) is 11.5 Å². The van der Waals surface area contributed by atoms with Crippen molar-refractivity contribution in [2.45, 2.75) is 91.6 Å². The summed E-state index contributed by atoms with van der Waals surface area (Å²) in [6, 6.07) is 7.77. The molecule has 1 saturated heterocycles. The van der Waals surface area contributed by atoms with Gasteiger partial charge in [0.05, 0.1) is 30.0 Å². The number of likely N-dealkylation sites (tertiary alicyclic amines) is 1. The van der Waals surface area contributed by atoms with E-state index in [-0.39, 0.29) is 36.6 Å². The molecule has 0 saturated carbocycles. The normalized spacial score (nSPS) is 17.0. The molecule has 1 aromatic carbocycles. The summed E-state index contributed by atoms with van der Waals surface area (Å²) >= 11 is 0. The lowest BCUT2D eigenvalue weighted by atomic mass is 9.74. The van der Waals surface area contributed by atoms with Crippen LogP contribution in [0.3, 0.4) is 0 Å². The van der Waals surface area contributed by atoms with Gasteiger partial charge in [0.1, 0.15) is 23.3 Å². The van der Waals surface area contributed by atoms with Gasteiger partial charge < -0.3 is 29.2 Å². The molecule has 4 atom stereocenters. The van der Waals surface area contributed by atoms with Crippen LogP contribution in [0.25, 0.3) is 0 Å². The van der Waals surface area contributed by atoms with Crippen molar-refractivity contribution in [1.29, 1.82) is 0 Å². The number of carbonyl (C=O) groups excluding carboxylic acids is 4. The van der Waals surface area contributed by atoms with Gasteiger partial charge in [0.15, 0.2) is 5.75 Å². The molecule has 3 aromatic rings. The number of hydrogen-bond donors (Lipinski definition) is 2. The Hall–Kier alpha value is -5.34. The third-order valence-corrected chi connectivity index (χ3v) is 8.79. The number of aryl methyl sites for hydroxylation is 1. The predicted molar refractivity (Wildman–Crippen MR) is 177 cm³/mol. The SMILES string of the molecule is CCOC(=O)OC(C)OC(=O)C(CC)(CC)[C@H]1CC[C@@H](c2cccc(F)c2)N1C(=O)[C@@H](C)NC(=O)c1ccc(Oc2cc(C)n[nH]c2=O)cn1. The summed E-state index contributed by atoms with van der Waals surface area (Å²) in [6.45, 7) is 9.88. The first-order valence-corrected chi connectivity index (χ1v) is 16.5. The largest absolute Gasteiger partial charge is 0.511 e. The second kappa shape index (κ2) is 16.4. The molecule has 1 aliphatic heterocycles. The minimum absolute atomic E-state index is 0.00355.